The molecule has 4 N–H and O–H groups in total. The Balaban J connectivity index is 0.00000256. The Bertz CT molecular complexity index is 462. The molecule has 0 fully saturated rings. The van der Waals surface area contributed by atoms with Crippen LogP contribution in [0, 0.1) is 13.8 Å². The first-order chi connectivity index (χ1) is 7.19. The van der Waals surface area contributed by atoms with E-state index in [-0.39, 0.29) is 23.8 Å². The molecule has 0 saturated heterocycles. The molecule has 0 aliphatic carbocycles. The molecule has 0 saturated carbocycles. The first kappa shape index (κ1) is 16.4. The first-order valence-electron chi connectivity index (χ1n) is 4.95. The average Bonchev–Trinajstić information content (AvgIpc) is 2.44. The molecule has 0 aliphatic heterocycles. The summed E-state index contributed by atoms with van der Waals surface area (Å²) in [7, 11) is -3.57. The second-order valence-corrected chi connectivity index (χ2v) is 6.08. The van der Waals surface area contributed by atoms with Crippen LogP contribution in [0.4, 0.5) is 0 Å². The number of halogens is 1. The van der Waals surface area contributed by atoms with Crippen molar-refractivity contribution in [1.82, 2.24) is 14.9 Å². The second kappa shape index (κ2) is 5.34. The van der Waals surface area contributed by atoms with Gasteiger partial charge in [-0.25, -0.2) is 13.1 Å². The van der Waals surface area contributed by atoms with E-state index in [1.165, 1.54) is 0 Å². The summed E-state index contributed by atoms with van der Waals surface area (Å²) in [6.45, 7) is 7.00. The fourth-order valence-electron chi connectivity index (χ4n) is 1.39. The largest absolute Gasteiger partial charge is 0.329 e. The van der Waals surface area contributed by atoms with Crippen LogP contribution in [0.15, 0.2) is 4.90 Å². The number of aromatic nitrogens is 2. The summed E-state index contributed by atoms with van der Waals surface area (Å²) in [4.78, 5) is 0.203. The third-order valence-electron chi connectivity index (χ3n) is 2.25. The van der Waals surface area contributed by atoms with Gasteiger partial charge in [-0.05, 0) is 27.7 Å². The lowest BCUT2D eigenvalue weighted by Gasteiger charge is -2.23. The van der Waals surface area contributed by atoms with Crippen LogP contribution in [-0.4, -0.2) is 30.7 Å². The molecule has 17 heavy (non-hydrogen) atoms. The number of hydrogen-bond acceptors (Lipinski definition) is 4. The van der Waals surface area contributed by atoms with Gasteiger partial charge in [0.1, 0.15) is 4.90 Å². The molecule has 0 aromatic carbocycles. The molecule has 8 heteroatoms. The highest BCUT2D eigenvalue weighted by Crippen LogP contribution is 2.18. The molecule has 6 nitrogen and oxygen atoms in total. The Kier molecular flexibility index (Phi) is 5.15. The van der Waals surface area contributed by atoms with Gasteiger partial charge >= 0.3 is 0 Å². The Morgan fingerprint density at radius 1 is 1.41 bits per heavy atom. The van der Waals surface area contributed by atoms with Crippen molar-refractivity contribution in [1.29, 1.82) is 0 Å². The Morgan fingerprint density at radius 3 is 2.29 bits per heavy atom. The lowest BCUT2D eigenvalue weighted by atomic mass is 10.1. The van der Waals surface area contributed by atoms with E-state index in [9.17, 15) is 8.42 Å². The van der Waals surface area contributed by atoms with Gasteiger partial charge in [-0.2, -0.15) is 5.10 Å². The van der Waals surface area contributed by atoms with E-state index < -0.39 is 15.6 Å². The number of nitrogens with one attached hydrogen (secondary N) is 2. The Morgan fingerprint density at radius 2 is 1.94 bits per heavy atom. The highest BCUT2D eigenvalue weighted by atomic mass is 35.5. The highest BCUT2D eigenvalue weighted by molar-refractivity contribution is 7.89. The normalized spacial score (nSPS) is 12.3. The van der Waals surface area contributed by atoms with Crippen LogP contribution in [0.25, 0.3) is 0 Å². The lowest BCUT2D eigenvalue weighted by Crippen LogP contribution is -2.48. The van der Waals surface area contributed by atoms with Crippen LogP contribution in [-0.2, 0) is 10.0 Å². The maximum atomic E-state index is 12.1. The van der Waals surface area contributed by atoms with Gasteiger partial charge in [0.25, 0.3) is 0 Å². The molecule has 0 spiro atoms. The predicted octanol–water partition coefficient (Wildman–Crippen LogP) is 0.464. The first-order valence-corrected chi connectivity index (χ1v) is 6.43. The molecule has 1 heterocycles. The van der Waals surface area contributed by atoms with E-state index in [1.54, 1.807) is 27.7 Å². The fraction of sp³-hybridized carbons (Fsp3) is 0.667. The van der Waals surface area contributed by atoms with Gasteiger partial charge in [-0.3, -0.25) is 5.10 Å². The van der Waals surface area contributed by atoms with Gasteiger partial charge in [-0.1, -0.05) is 0 Å². The van der Waals surface area contributed by atoms with E-state index >= 15 is 0 Å². The van der Waals surface area contributed by atoms with Gasteiger partial charge in [0.2, 0.25) is 10.0 Å². The van der Waals surface area contributed by atoms with Gasteiger partial charge in [-0.15, -0.1) is 12.4 Å². The van der Waals surface area contributed by atoms with E-state index in [4.69, 9.17) is 5.73 Å². The SMILES string of the molecule is Cc1n[nH]c(C)c1S(=O)(=O)NC(C)(C)CN.Cl. The van der Waals surface area contributed by atoms with E-state index in [0.29, 0.717) is 11.4 Å². The maximum absolute atomic E-state index is 12.1. The average molecular weight is 283 g/mol. The van der Waals surface area contributed by atoms with Crippen molar-refractivity contribution in [3.63, 3.8) is 0 Å². The number of nitrogens with zero attached hydrogens (tertiary/aromatic N) is 1. The minimum absolute atomic E-state index is 0. The quantitative estimate of drug-likeness (QED) is 0.747. The number of aryl methyl sites for hydroxylation is 2. The molecule has 0 unspecified atom stereocenters. The van der Waals surface area contributed by atoms with Gasteiger partial charge in [0.05, 0.1) is 11.4 Å². The van der Waals surface area contributed by atoms with E-state index in [1.807, 2.05) is 0 Å². The molecule has 100 valence electrons. The third kappa shape index (κ3) is 3.67. The molecular weight excluding hydrogens is 264 g/mol. The molecule has 1 aromatic rings. The minimum atomic E-state index is -3.57. The summed E-state index contributed by atoms with van der Waals surface area (Å²) in [5, 5.41) is 6.51. The highest BCUT2D eigenvalue weighted by Gasteiger charge is 2.28. The number of rotatable bonds is 4. The fourth-order valence-corrected chi connectivity index (χ4v) is 3.19. The summed E-state index contributed by atoms with van der Waals surface area (Å²) < 4.78 is 26.7. The maximum Gasteiger partial charge on any atom is 0.244 e. The van der Waals surface area contributed by atoms with Crippen LogP contribution < -0.4 is 10.5 Å². The van der Waals surface area contributed by atoms with Gasteiger partial charge in [0.15, 0.2) is 0 Å². The summed E-state index contributed by atoms with van der Waals surface area (Å²) >= 11 is 0. The summed E-state index contributed by atoms with van der Waals surface area (Å²) in [6.07, 6.45) is 0. The zero-order valence-corrected chi connectivity index (χ0v) is 12.0. The van der Waals surface area contributed by atoms with E-state index in [2.05, 4.69) is 14.9 Å². The topological polar surface area (TPSA) is 101 Å². The molecule has 1 rings (SSSR count). The standard InChI is InChI=1S/C9H18N4O2S.ClH/c1-6-8(7(2)12-11-6)16(14,15)13-9(3,4)5-10;/h13H,5,10H2,1-4H3,(H,11,12);1H. The van der Waals surface area contributed by atoms with Crippen molar-refractivity contribution >= 4 is 22.4 Å². The van der Waals surface area contributed by atoms with Crippen LogP contribution >= 0.6 is 12.4 Å². The molecule has 1 aromatic heterocycles. The summed E-state index contributed by atoms with van der Waals surface area (Å²) in [6, 6.07) is 0. The molecule has 0 bridgehead atoms. The lowest BCUT2D eigenvalue weighted by molar-refractivity contribution is 0.462. The zero-order valence-electron chi connectivity index (χ0n) is 10.4. The second-order valence-electron chi connectivity index (χ2n) is 4.46. The monoisotopic (exact) mass is 282 g/mol. The molecule has 0 aliphatic rings. The van der Waals surface area contributed by atoms with Crippen molar-refractivity contribution in [3.05, 3.63) is 11.4 Å². The van der Waals surface area contributed by atoms with Crippen molar-refractivity contribution in [2.45, 2.75) is 38.1 Å². The number of H-pyrrole nitrogens is 1. The molecule has 0 radical (unpaired) electrons. The van der Waals surface area contributed by atoms with Crippen LogP contribution in [0.3, 0.4) is 0 Å². The molecular formula is C9H19ClN4O2S. The summed E-state index contributed by atoms with van der Waals surface area (Å²) in [5.41, 5.74) is 5.80. The minimum Gasteiger partial charge on any atom is -0.329 e. The van der Waals surface area contributed by atoms with Crippen LogP contribution in [0.2, 0.25) is 0 Å². The van der Waals surface area contributed by atoms with Crippen molar-refractivity contribution in [2.75, 3.05) is 6.54 Å². The number of hydrogen-bond donors (Lipinski definition) is 3. The van der Waals surface area contributed by atoms with Crippen LogP contribution in [0.1, 0.15) is 25.2 Å². The van der Waals surface area contributed by atoms with Crippen LogP contribution in [0.5, 0.6) is 0 Å². The number of aromatic amines is 1. The summed E-state index contributed by atoms with van der Waals surface area (Å²) in [5.74, 6) is 0. The predicted molar refractivity (Wildman–Crippen MR) is 68.8 cm³/mol. The molecule has 0 atom stereocenters. The number of nitrogens with two attached hydrogens (primary N) is 1. The molecule has 0 amide bonds. The Labute approximate surface area is 108 Å². The smallest absolute Gasteiger partial charge is 0.244 e. The number of sulfonamides is 1. The van der Waals surface area contributed by atoms with Crippen molar-refractivity contribution < 1.29 is 8.42 Å². The third-order valence-corrected chi connectivity index (χ3v) is 4.21. The zero-order chi connectivity index (χ0) is 12.6. The Hall–Kier alpha value is -0.630. The van der Waals surface area contributed by atoms with Crippen molar-refractivity contribution in [2.24, 2.45) is 5.73 Å². The van der Waals surface area contributed by atoms with Crippen molar-refractivity contribution in [3.8, 4) is 0 Å². The van der Waals surface area contributed by atoms with E-state index in [0.717, 1.165) is 0 Å². The van der Waals surface area contributed by atoms with Gasteiger partial charge in [0, 0.05) is 12.1 Å². The van der Waals surface area contributed by atoms with Gasteiger partial charge < -0.3 is 5.73 Å².